The number of amidine groups is 4. The lowest BCUT2D eigenvalue weighted by atomic mass is 9.97. The Labute approximate surface area is 585 Å². The molecule has 0 radical (unpaired) electrons. The second kappa shape index (κ2) is 21.6. The lowest BCUT2D eigenvalue weighted by Crippen LogP contribution is -2.71. The van der Waals surface area contributed by atoms with Crippen molar-refractivity contribution in [2.24, 2.45) is 20.0 Å². The van der Waals surface area contributed by atoms with Gasteiger partial charge in [0, 0.05) is 91.2 Å². The van der Waals surface area contributed by atoms with E-state index in [1.807, 2.05) is 0 Å². The Morgan fingerprint density at radius 3 is 1.09 bits per heavy atom. The van der Waals surface area contributed by atoms with Crippen LogP contribution in [0.5, 0.6) is 34.5 Å². The molecular formula is C66H37F27N8O6S+2. The van der Waals surface area contributed by atoms with Gasteiger partial charge in [-0.25, -0.2) is 0 Å². The molecule has 6 aliphatic heterocycles. The van der Waals surface area contributed by atoms with Crippen molar-refractivity contribution in [1.29, 1.82) is 0 Å². The minimum atomic E-state index is -7.39. The molecule has 0 bridgehead atoms. The molecule has 9 aromatic rings. The number of rotatable bonds is 13. The summed E-state index contributed by atoms with van der Waals surface area (Å²) in [5.41, 5.74) is -12.8. The lowest BCUT2D eigenvalue weighted by Gasteiger charge is -2.40. The van der Waals surface area contributed by atoms with Crippen LogP contribution >= 0.6 is 11.3 Å². The van der Waals surface area contributed by atoms with E-state index in [9.17, 15) is 13.2 Å². The van der Waals surface area contributed by atoms with Gasteiger partial charge in [-0.15, -0.1) is 20.5 Å². The number of aromatic nitrogens is 2. The molecule has 0 amide bonds. The first kappa shape index (κ1) is 73.3. The number of ether oxygens (including phenoxy) is 6. The van der Waals surface area contributed by atoms with Crippen molar-refractivity contribution in [2.45, 2.75) is 140 Å². The van der Waals surface area contributed by atoms with Gasteiger partial charge in [0.1, 0.15) is 61.5 Å². The quantitative estimate of drug-likeness (QED) is 0.0837. The highest BCUT2D eigenvalue weighted by molar-refractivity contribution is 7.21. The van der Waals surface area contributed by atoms with Gasteiger partial charge in [-0.2, -0.15) is 128 Å². The van der Waals surface area contributed by atoms with Crippen LogP contribution in [-0.4, -0.2) is 114 Å². The van der Waals surface area contributed by atoms with Crippen LogP contribution in [0, 0.1) is 0 Å². The summed E-state index contributed by atoms with van der Waals surface area (Å²) in [5, 5.41) is -9.83. The Hall–Kier alpha value is -10.2. The fourth-order valence-electron chi connectivity index (χ4n) is 13.4. The molecule has 3 aromatic heterocycles. The van der Waals surface area contributed by atoms with Crippen LogP contribution in [0.1, 0.15) is 88.1 Å². The van der Waals surface area contributed by atoms with Crippen molar-refractivity contribution in [3.05, 3.63) is 122 Å². The van der Waals surface area contributed by atoms with Gasteiger partial charge in [-0.1, -0.05) is 92.8 Å². The second-order valence-electron chi connectivity index (χ2n) is 26.4. The number of aliphatic imine (C=N–C) groups is 2. The zero-order valence-corrected chi connectivity index (χ0v) is 55.5. The summed E-state index contributed by atoms with van der Waals surface area (Å²) < 4.78 is 460. The van der Waals surface area contributed by atoms with Crippen LogP contribution in [0.3, 0.4) is 0 Å². The predicted molar refractivity (Wildman–Crippen MR) is 325 cm³/mol. The molecule has 0 saturated heterocycles. The molecule has 14 nitrogen and oxygen atoms in total. The maximum Gasteiger partial charge on any atom is 0.470 e. The summed E-state index contributed by atoms with van der Waals surface area (Å²) in [6, 6.07) is 10.0. The second-order valence-corrected chi connectivity index (χ2v) is 27.4. The third-order valence-corrected chi connectivity index (χ3v) is 19.1. The van der Waals surface area contributed by atoms with Crippen molar-refractivity contribution in [2.75, 3.05) is 0 Å². The topological polar surface area (TPSA) is 121 Å². The zero-order chi connectivity index (χ0) is 79.2. The Morgan fingerprint density at radius 2 is 0.731 bits per heavy atom. The minimum Gasteiger partial charge on any atom is -0.457 e. The van der Waals surface area contributed by atoms with Crippen LogP contribution in [0.25, 0.3) is 59.3 Å². The van der Waals surface area contributed by atoms with Crippen LogP contribution in [0.4, 0.5) is 130 Å². The summed E-state index contributed by atoms with van der Waals surface area (Å²) >= 11 is -0.320. The molecule has 4 unspecified atom stereocenters. The fourth-order valence-corrected chi connectivity index (χ4v) is 14.7. The van der Waals surface area contributed by atoms with Gasteiger partial charge in [-0.3, -0.25) is 0 Å². The maximum absolute atomic E-state index is 17.1. The van der Waals surface area contributed by atoms with E-state index in [4.69, 9.17) is 28.7 Å². The van der Waals surface area contributed by atoms with Gasteiger partial charge in [-0.05, 0) is 13.0 Å². The Morgan fingerprint density at radius 1 is 0.398 bits per heavy atom. The molecular weight excluding hydrogens is 1550 g/mol. The molecule has 570 valence electrons. The van der Waals surface area contributed by atoms with E-state index in [2.05, 4.69) is 19.7 Å². The fraction of sp³-hybridized carbons (Fsp3) is 0.333. The monoisotopic (exact) mass is 1580 g/mol. The van der Waals surface area contributed by atoms with Gasteiger partial charge in [0.05, 0.1) is 21.7 Å². The third-order valence-electron chi connectivity index (χ3n) is 17.9. The summed E-state index contributed by atoms with van der Waals surface area (Å²) in [7, 11) is 0. The molecule has 0 saturated carbocycles. The first-order chi connectivity index (χ1) is 49.3. The van der Waals surface area contributed by atoms with E-state index in [1.54, 1.807) is 0 Å². The first-order valence-electron chi connectivity index (χ1n) is 30.7. The number of alkyl halides is 27. The smallest absolute Gasteiger partial charge is 0.457 e. The van der Waals surface area contributed by atoms with Crippen molar-refractivity contribution in [1.82, 2.24) is 9.13 Å². The molecule has 9 heterocycles. The summed E-state index contributed by atoms with van der Waals surface area (Å²) in [4.78, 5) is 16.8. The average molecular weight is 1580 g/mol. The average Bonchev–Trinajstić information content (AvgIpc) is 1.45. The molecule has 0 fully saturated rings. The minimum absolute atomic E-state index is 0.119. The number of halogens is 27. The molecule has 108 heavy (non-hydrogen) atoms. The van der Waals surface area contributed by atoms with Crippen molar-refractivity contribution >= 4 is 106 Å². The number of hydrogen-bond acceptors (Lipinski definition) is 11. The Balaban J connectivity index is 1.31. The summed E-state index contributed by atoms with van der Waals surface area (Å²) in [5.74, 6) is -50.5. The van der Waals surface area contributed by atoms with Crippen LogP contribution < -0.4 is 39.4 Å². The number of benzene rings is 6. The van der Waals surface area contributed by atoms with E-state index in [1.165, 1.54) is 0 Å². The number of nitrogens with zero attached hydrogens (tertiary/aromatic N) is 8. The van der Waals surface area contributed by atoms with Gasteiger partial charge < -0.3 is 28.4 Å². The highest BCUT2D eigenvalue weighted by Crippen LogP contribution is 2.63. The largest absolute Gasteiger partial charge is 0.470 e. The molecule has 6 aromatic carbocycles. The molecule has 15 rings (SSSR count). The summed E-state index contributed by atoms with van der Waals surface area (Å²) in [6.45, 7) is 2.10. The Bertz CT molecular complexity index is 5870. The van der Waals surface area contributed by atoms with Crippen molar-refractivity contribution in [3.63, 3.8) is 0 Å². The first-order valence-corrected chi connectivity index (χ1v) is 31.6. The molecule has 4 atom stereocenters. The van der Waals surface area contributed by atoms with E-state index >= 15 is 105 Å². The van der Waals surface area contributed by atoms with Crippen LogP contribution in [-0.2, 0) is 12.1 Å². The number of allylic oxidation sites excluding steroid dienone is 1. The van der Waals surface area contributed by atoms with Gasteiger partial charge in [0.25, 0.3) is 23.3 Å². The van der Waals surface area contributed by atoms with Crippen molar-refractivity contribution in [3.8, 4) is 34.5 Å². The van der Waals surface area contributed by atoms with Gasteiger partial charge in [0.15, 0.2) is 0 Å². The molecule has 0 aliphatic carbocycles. The maximum atomic E-state index is 17.1. The Kier molecular flexibility index (Phi) is 14.7. The number of fused-ring (bicyclic) bond motifs is 15. The third kappa shape index (κ3) is 9.98. The molecule has 0 N–H and O–H groups in total. The SMILES string of the molecule is C/C(=C/c1sc2c3n4c(c2c1C(F)(F)F)N=C1c2c(c(OC(C)(F)C(F)(F)F)c5ccccc5c2OC(F)(C(F)(F)F)C(F)(F)F)C2=[N+]1C41n4c(c5c(OC(C)(C)F)c6ccccc6c(OC(C)(F)C(F)(F)F)c5c4=N2)=NC2=[N+]1C(=N3)c1c2c(OC(C)(C)F)c2ccccc2c1OC(C)(F)C(F)(F)F)C(F)(F)F. The standard InChI is InChI=1S/C66H37F27N8O6S/c1-22(58(72,73)74)21-29-37(59(75,76)77)36-44(108-29)52-97-50-33-31(39(103-54(4,5)68)24-16-10-12-18-26(24)41(33)105-56(7,70)62(82,83)84)46-94-45-30-32(40(104-55(6,69)61(79,80)81)25-17-11-9-15-23(25)38(30)102-53(2,3)67)47-95-48-34-35(49-96-51(36)101(52)66(98(45)47,99(48)49)100(46)50)43(107-60(78,64(88,89)90)65(91,92)93)28-20-14-13-19-27(28)42(34)106-57(8,71)63(85,86)87/h9-21H,1-8H3/q+2/b22-21-. The van der Waals surface area contributed by atoms with Crippen LogP contribution in [0.2, 0.25) is 0 Å². The van der Waals surface area contributed by atoms with Crippen molar-refractivity contribution < 1.29 is 156 Å². The normalized spacial score (nSPS) is 19.0. The predicted octanol–water partition coefficient (Wildman–Crippen LogP) is 19.4. The molecule has 42 heteroatoms. The van der Waals surface area contributed by atoms with Gasteiger partial charge in [0.2, 0.25) is 34.3 Å². The molecule has 1 spiro atoms. The highest BCUT2D eigenvalue weighted by Gasteiger charge is 2.78. The molecule has 6 aliphatic rings. The lowest BCUT2D eigenvalue weighted by molar-refractivity contribution is -0.790. The zero-order valence-electron chi connectivity index (χ0n) is 54.6. The highest BCUT2D eigenvalue weighted by atomic mass is 32.1. The summed E-state index contributed by atoms with van der Waals surface area (Å²) in [6.07, 6.45) is -45.3. The van der Waals surface area contributed by atoms with E-state index < -0.39 is 263 Å². The van der Waals surface area contributed by atoms with E-state index in [0.717, 1.165) is 54.6 Å². The van der Waals surface area contributed by atoms with Crippen LogP contribution in [0.15, 0.2) is 98.3 Å². The van der Waals surface area contributed by atoms with Gasteiger partial charge >= 0.3 is 72.6 Å². The number of thiophene rings is 1. The number of hydrogen-bond donors (Lipinski definition) is 0. The van der Waals surface area contributed by atoms with E-state index in [0.29, 0.717) is 59.6 Å². The van der Waals surface area contributed by atoms with E-state index in [-0.39, 0.29) is 42.8 Å².